The first-order valence-corrected chi connectivity index (χ1v) is 12.2. The van der Waals surface area contributed by atoms with E-state index in [-0.39, 0.29) is 36.3 Å². The zero-order valence-electron chi connectivity index (χ0n) is 19.2. The monoisotopic (exact) mass is 635 g/mol. The molecule has 0 bridgehead atoms. The average molecular weight is 636 g/mol. The van der Waals surface area contributed by atoms with E-state index >= 15 is 0 Å². The average Bonchev–Trinajstić information content (AvgIpc) is 3.45. The number of hydrogen-bond donors (Lipinski definition) is 2. The molecule has 0 atom stereocenters. The fourth-order valence-electron chi connectivity index (χ4n) is 3.31. The molecule has 3 aromatic rings. The number of amides is 4. The van der Waals surface area contributed by atoms with Crippen LogP contribution in [0.4, 0.5) is 10.5 Å². The lowest BCUT2D eigenvalue weighted by Gasteiger charge is -2.10. The van der Waals surface area contributed by atoms with Crippen LogP contribution in [-0.2, 0) is 20.9 Å². The van der Waals surface area contributed by atoms with E-state index in [1.54, 1.807) is 42.5 Å². The fourth-order valence-corrected chi connectivity index (χ4v) is 4.13. The van der Waals surface area contributed by atoms with Crippen LogP contribution in [-0.4, -0.2) is 42.4 Å². The van der Waals surface area contributed by atoms with Crippen LogP contribution in [0.25, 0.3) is 6.08 Å². The Kier molecular flexibility index (Phi) is 8.14. The van der Waals surface area contributed by atoms with Gasteiger partial charge in [-0.3, -0.25) is 14.5 Å². The maximum absolute atomic E-state index is 12.8. The van der Waals surface area contributed by atoms with Gasteiger partial charge >= 0.3 is 12.0 Å². The summed E-state index contributed by atoms with van der Waals surface area (Å²) in [4.78, 5) is 49.8. The number of methoxy groups -OCH3 is 1. The number of esters is 1. The summed E-state index contributed by atoms with van der Waals surface area (Å²) in [6, 6.07) is 14.1. The number of nitrogens with zero attached hydrogens (tertiary/aromatic N) is 1. The lowest BCUT2D eigenvalue weighted by molar-refractivity contribution is -0.123. The summed E-state index contributed by atoms with van der Waals surface area (Å²) < 4.78 is 16.2. The van der Waals surface area contributed by atoms with Crippen molar-refractivity contribution in [3.8, 4) is 5.75 Å². The molecule has 10 nitrogen and oxygen atoms in total. The van der Waals surface area contributed by atoms with Gasteiger partial charge in [-0.1, -0.05) is 17.7 Å². The minimum atomic E-state index is -0.659. The SMILES string of the molecule is COC(=O)c1ccc(CN2C(=O)N/C(=C\c3ccc(OCC(=O)Nc4ccc(Cl)cc4)c(I)c3)C2=O)o1. The number of carbonyl (C=O) groups excluding carboxylic acids is 4. The third-order valence-electron chi connectivity index (χ3n) is 5.08. The third-order valence-corrected chi connectivity index (χ3v) is 6.17. The number of halogens is 2. The molecule has 2 aromatic carbocycles. The van der Waals surface area contributed by atoms with E-state index in [1.165, 1.54) is 25.3 Å². The van der Waals surface area contributed by atoms with Crippen molar-refractivity contribution in [2.75, 3.05) is 19.0 Å². The Morgan fingerprint density at radius 1 is 1.14 bits per heavy atom. The van der Waals surface area contributed by atoms with Gasteiger partial charge in [0.05, 0.1) is 17.2 Å². The van der Waals surface area contributed by atoms with Crippen LogP contribution in [0.3, 0.4) is 0 Å². The maximum Gasteiger partial charge on any atom is 0.373 e. The Bertz CT molecular complexity index is 1400. The van der Waals surface area contributed by atoms with E-state index in [0.717, 1.165) is 4.90 Å². The van der Waals surface area contributed by atoms with Gasteiger partial charge in [0.2, 0.25) is 5.76 Å². The number of furan rings is 1. The molecule has 190 valence electrons. The second-order valence-electron chi connectivity index (χ2n) is 7.67. The zero-order valence-corrected chi connectivity index (χ0v) is 22.2. The molecule has 1 aliphatic rings. The van der Waals surface area contributed by atoms with Crippen LogP contribution in [0.5, 0.6) is 5.75 Å². The van der Waals surface area contributed by atoms with Gasteiger partial charge in [0.1, 0.15) is 17.2 Å². The first-order chi connectivity index (χ1) is 17.7. The second-order valence-corrected chi connectivity index (χ2v) is 9.27. The number of hydrogen-bond acceptors (Lipinski definition) is 7. The van der Waals surface area contributed by atoms with E-state index in [0.29, 0.717) is 25.6 Å². The molecule has 12 heteroatoms. The first-order valence-electron chi connectivity index (χ1n) is 10.7. The Morgan fingerprint density at radius 3 is 2.59 bits per heavy atom. The standard InChI is InChI=1S/C25H19ClIN3O7/c1-35-24(33)21-9-7-17(37-21)12-30-23(32)19(29-25(30)34)11-14-2-8-20(18(27)10-14)36-13-22(31)28-16-5-3-15(26)4-6-16/h2-11H,12-13H2,1H3,(H,28,31)(H,29,34)/b19-11-. The van der Waals surface area contributed by atoms with E-state index in [2.05, 4.69) is 38.0 Å². The summed E-state index contributed by atoms with van der Waals surface area (Å²) >= 11 is 7.89. The van der Waals surface area contributed by atoms with Crippen molar-refractivity contribution in [2.24, 2.45) is 0 Å². The molecular formula is C25H19ClIN3O7. The largest absolute Gasteiger partial charge is 0.483 e. The summed E-state index contributed by atoms with van der Waals surface area (Å²) in [6.07, 6.45) is 1.53. The number of nitrogens with one attached hydrogen (secondary N) is 2. The van der Waals surface area contributed by atoms with Gasteiger partial charge in [-0.25, -0.2) is 9.59 Å². The van der Waals surface area contributed by atoms with Crippen LogP contribution in [0.15, 0.2) is 64.7 Å². The highest BCUT2D eigenvalue weighted by molar-refractivity contribution is 14.1. The lowest BCUT2D eigenvalue weighted by atomic mass is 10.2. The van der Waals surface area contributed by atoms with Gasteiger partial charge in [-0.15, -0.1) is 0 Å². The van der Waals surface area contributed by atoms with Gasteiger partial charge in [0, 0.05) is 10.7 Å². The van der Waals surface area contributed by atoms with E-state index < -0.39 is 17.9 Å². The second kappa shape index (κ2) is 11.5. The Balaban J connectivity index is 1.37. The summed E-state index contributed by atoms with van der Waals surface area (Å²) in [6.45, 7) is -0.353. The topological polar surface area (TPSA) is 127 Å². The van der Waals surface area contributed by atoms with E-state index in [4.69, 9.17) is 20.8 Å². The van der Waals surface area contributed by atoms with Crippen molar-refractivity contribution in [2.45, 2.75) is 6.54 Å². The number of urea groups is 1. The van der Waals surface area contributed by atoms with Gasteiger partial charge in [0.25, 0.3) is 11.8 Å². The van der Waals surface area contributed by atoms with Crippen molar-refractivity contribution in [1.29, 1.82) is 0 Å². The first kappa shape index (κ1) is 26.2. The number of benzene rings is 2. The van der Waals surface area contributed by atoms with Crippen LogP contribution < -0.4 is 15.4 Å². The molecule has 0 saturated carbocycles. The predicted molar refractivity (Wildman–Crippen MR) is 142 cm³/mol. The molecule has 4 rings (SSSR count). The van der Waals surface area contributed by atoms with Gasteiger partial charge < -0.3 is 24.5 Å². The Labute approximate surface area is 229 Å². The lowest BCUT2D eigenvalue weighted by Crippen LogP contribution is -2.30. The quantitative estimate of drug-likeness (QED) is 0.162. The fraction of sp³-hybridized carbons (Fsp3) is 0.120. The van der Waals surface area contributed by atoms with Crippen LogP contribution in [0.2, 0.25) is 5.02 Å². The molecule has 2 heterocycles. The molecule has 0 spiro atoms. The van der Waals surface area contributed by atoms with Crippen molar-refractivity contribution in [3.05, 3.63) is 86.0 Å². The Morgan fingerprint density at radius 2 is 1.89 bits per heavy atom. The molecule has 2 N–H and O–H groups in total. The van der Waals surface area contributed by atoms with Crippen molar-refractivity contribution in [1.82, 2.24) is 10.2 Å². The molecule has 0 unspecified atom stereocenters. The summed E-state index contributed by atoms with van der Waals surface area (Å²) in [5, 5.41) is 5.81. The van der Waals surface area contributed by atoms with Crippen LogP contribution in [0.1, 0.15) is 21.9 Å². The van der Waals surface area contributed by atoms with Gasteiger partial charge in [-0.05, 0) is 82.8 Å². The number of rotatable bonds is 8. The highest BCUT2D eigenvalue weighted by Crippen LogP contribution is 2.25. The number of anilines is 1. The molecule has 37 heavy (non-hydrogen) atoms. The molecule has 0 aliphatic carbocycles. The summed E-state index contributed by atoms with van der Waals surface area (Å²) in [7, 11) is 1.22. The van der Waals surface area contributed by atoms with E-state index in [1.807, 2.05) is 0 Å². The van der Waals surface area contributed by atoms with Crippen LogP contribution >= 0.6 is 34.2 Å². The predicted octanol–water partition coefficient (Wildman–Crippen LogP) is 4.43. The molecule has 1 aliphatic heterocycles. The number of imide groups is 1. The number of carbonyl (C=O) groups is 4. The van der Waals surface area contributed by atoms with Crippen molar-refractivity contribution < 1.29 is 33.1 Å². The van der Waals surface area contributed by atoms with Crippen LogP contribution in [0, 0.1) is 3.57 Å². The number of ether oxygens (including phenoxy) is 2. The Hall–Kier alpha value is -3.84. The molecule has 1 aromatic heterocycles. The summed E-state index contributed by atoms with van der Waals surface area (Å²) in [5.41, 5.74) is 1.32. The van der Waals surface area contributed by atoms with Gasteiger partial charge in [-0.2, -0.15) is 0 Å². The van der Waals surface area contributed by atoms with Crippen molar-refractivity contribution in [3.63, 3.8) is 0 Å². The minimum absolute atomic E-state index is 0.0281. The highest BCUT2D eigenvalue weighted by Gasteiger charge is 2.34. The molecule has 1 fully saturated rings. The van der Waals surface area contributed by atoms with E-state index in [9.17, 15) is 19.2 Å². The third kappa shape index (κ3) is 6.49. The molecule has 0 radical (unpaired) electrons. The molecule has 4 amide bonds. The normalized spacial score (nSPS) is 14.0. The van der Waals surface area contributed by atoms with Gasteiger partial charge in [0.15, 0.2) is 6.61 Å². The summed E-state index contributed by atoms with van der Waals surface area (Å²) in [5.74, 6) is -0.833. The minimum Gasteiger partial charge on any atom is -0.483 e. The maximum atomic E-state index is 12.8. The molecule has 1 saturated heterocycles. The molecular weight excluding hydrogens is 617 g/mol. The zero-order chi connectivity index (χ0) is 26.5. The smallest absolute Gasteiger partial charge is 0.373 e. The highest BCUT2D eigenvalue weighted by atomic mass is 127. The van der Waals surface area contributed by atoms with Crippen molar-refractivity contribution >= 4 is 69.8 Å².